The fourth-order valence-electron chi connectivity index (χ4n) is 2.30. The van der Waals surface area contributed by atoms with Gasteiger partial charge in [0.1, 0.15) is 0 Å². The molecule has 4 nitrogen and oxygen atoms in total. The molecule has 3 rings (SSSR count). The van der Waals surface area contributed by atoms with Crippen molar-refractivity contribution in [3.05, 3.63) is 42.1 Å². The standard InChI is InChI=1S/C15H19N3O/c19-14(11-6-7-11)10-16-8-13-9-17-18-15(13)12-4-2-1-3-5-12/h1-5,9,11,14,16,19H,6-8,10H2,(H,17,18). The van der Waals surface area contributed by atoms with E-state index >= 15 is 0 Å². The van der Waals surface area contributed by atoms with Crippen molar-refractivity contribution in [1.82, 2.24) is 15.5 Å². The minimum Gasteiger partial charge on any atom is -0.392 e. The van der Waals surface area contributed by atoms with Crippen LogP contribution in [-0.4, -0.2) is 28.0 Å². The van der Waals surface area contributed by atoms with Crippen molar-refractivity contribution in [2.24, 2.45) is 5.92 Å². The Balaban J connectivity index is 1.60. The minimum atomic E-state index is -0.202. The number of aliphatic hydroxyl groups is 1. The van der Waals surface area contributed by atoms with Gasteiger partial charge in [0.2, 0.25) is 0 Å². The van der Waals surface area contributed by atoms with E-state index < -0.39 is 0 Å². The molecule has 1 saturated carbocycles. The smallest absolute Gasteiger partial charge is 0.0695 e. The van der Waals surface area contributed by atoms with E-state index in [-0.39, 0.29) is 6.10 Å². The van der Waals surface area contributed by atoms with Gasteiger partial charge in [-0.25, -0.2) is 0 Å². The van der Waals surface area contributed by atoms with Crippen LogP contribution >= 0.6 is 0 Å². The van der Waals surface area contributed by atoms with E-state index in [0.717, 1.165) is 23.4 Å². The minimum absolute atomic E-state index is 0.202. The highest BCUT2D eigenvalue weighted by Crippen LogP contribution is 2.32. The van der Waals surface area contributed by atoms with Crippen LogP contribution < -0.4 is 5.32 Å². The molecule has 3 N–H and O–H groups in total. The first-order chi connectivity index (χ1) is 9.34. The third-order valence-corrected chi connectivity index (χ3v) is 3.62. The molecule has 0 radical (unpaired) electrons. The zero-order valence-electron chi connectivity index (χ0n) is 10.8. The van der Waals surface area contributed by atoms with Gasteiger partial charge in [0.05, 0.1) is 18.0 Å². The summed E-state index contributed by atoms with van der Waals surface area (Å²) in [4.78, 5) is 0. The Hall–Kier alpha value is -1.65. The summed E-state index contributed by atoms with van der Waals surface area (Å²) in [7, 11) is 0. The Morgan fingerprint density at radius 2 is 2.11 bits per heavy atom. The number of hydrogen-bond acceptors (Lipinski definition) is 3. The number of aliphatic hydroxyl groups excluding tert-OH is 1. The predicted molar refractivity (Wildman–Crippen MR) is 74.5 cm³/mol. The average Bonchev–Trinajstić information content (AvgIpc) is 3.20. The summed E-state index contributed by atoms with van der Waals surface area (Å²) in [6.45, 7) is 1.38. The van der Waals surface area contributed by atoms with Crippen molar-refractivity contribution in [1.29, 1.82) is 0 Å². The quantitative estimate of drug-likeness (QED) is 0.741. The normalized spacial score (nSPS) is 16.5. The maximum absolute atomic E-state index is 9.82. The van der Waals surface area contributed by atoms with Crippen LogP contribution in [0.3, 0.4) is 0 Å². The molecule has 1 aromatic heterocycles. The van der Waals surface area contributed by atoms with E-state index in [1.165, 1.54) is 12.8 Å². The van der Waals surface area contributed by atoms with Gasteiger partial charge in [0.25, 0.3) is 0 Å². The van der Waals surface area contributed by atoms with Crippen LogP contribution in [0.4, 0.5) is 0 Å². The van der Waals surface area contributed by atoms with E-state index in [1.807, 2.05) is 24.4 Å². The highest BCUT2D eigenvalue weighted by molar-refractivity contribution is 5.62. The number of aromatic amines is 1. The Kier molecular flexibility index (Phi) is 3.62. The molecule has 1 atom stereocenters. The molecular formula is C15H19N3O. The van der Waals surface area contributed by atoms with Crippen LogP contribution in [0.25, 0.3) is 11.3 Å². The van der Waals surface area contributed by atoms with Crippen LogP contribution in [0.15, 0.2) is 36.5 Å². The number of H-pyrrole nitrogens is 1. The van der Waals surface area contributed by atoms with Gasteiger partial charge in [-0.15, -0.1) is 0 Å². The monoisotopic (exact) mass is 257 g/mol. The molecule has 1 aliphatic rings. The van der Waals surface area contributed by atoms with Gasteiger partial charge in [0.15, 0.2) is 0 Å². The van der Waals surface area contributed by atoms with Crippen molar-refractivity contribution < 1.29 is 5.11 Å². The van der Waals surface area contributed by atoms with E-state index in [1.54, 1.807) is 0 Å². The topological polar surface area (TPSA) is 60.9 Å². The summed E-state index contributed by atoms with van der Waals surface area (Å²) in [5.41, 5.74) is 3.32. The maximum Gasteiger partial charge on any atom is 0.0695 e. The van der Waals surface area contributed by atoms with Gasteiger partial charge in [-0.2, -0.15) is 5.10 Å². The highest BCUT2D eigenvalue weighted by Gasteiger charge is 2.29. The van der Waals surface area contributed by atoms with Crippen LogP contribution in [0, 0.1) is 5.92 Å². The Morgan fingerprint density at radius 1 is 1.32 bits per heavy atom. The number of nitrogens with zero attached hydrogens (tertiary/aromatic N) is 1. The third kappa shape index (κ3) is 3.03. The van der Waals surface area contributed by atoms with Gasteiger partial charge < -0.3 is 10.4 Å². The van der Waals surface area contributed by atoms with E-state index in [4.69, 9.17) is 0 Å². The molecule has 2 aromatic rings. The fraction of sp³-hybridized carbons (Fsp3) is 0.400. The molecule has 0 aliphatic heterocycles. The fourth-order valence-corrected chi connectivity index (χ4v) is 2.30. The van der Waals surface area contributed by atoms with E-state index in [0.29, 0.717) is 12.5 Å². The second kappa shape index (κ2) is 5.55. The van der Waals surface area contributed by atoms with E-state index in [9.17, 15) is 5.11 Å². The Bertz CT molecular complexity index is 519. The Labute approximate surface area is 112 Å². The van der Waals surface area contributed by atoms with Gasteiger partial charge in [-0.05, 0) is 24.3 Å². The predicted octanol–water partition coefficient (Wildman–Crippen LogP) is 1.94. The van der Waals surface area contributed by atoms with Gasteiger partial charge >= 0.3 is 0 Å². The summed E-state index contributed by atoms with van der Waals surface area (Å²) in [6, 6.07) is 10.2. The number of rotatable bonds is 6. The van der Waals surface area contributed by atoms with Gasteiger partial charge in [-0.1, -0.05) is 30.3 Å². The van der Waals surface area contributed by atoms with Gasteiger partial charge in [0, 0.05) is 18.7 Å². The number of hydrogen-bond donors (Lipinski definition) is 3. The summed E-state index contributed by atoms with van der Waals surface area (Å²) < 4.78 is 0. The van der Waals surface area contributed by atoms with E-state index in [2.05, 4.69) is 27.6 Å². The summed E-state index contributed by atoms with van der Waals surface area (Å²) in [5, 5.41) is 20.3. The molecule has 1 unspecified atom stereocenters. The first-order valence-corrected chi connectivity index (χ1v) is 6.81. The number of aromatic nitrogens is 2. The summed E-state index contributed by atoms with van der Waals surface area (Å²) in [5.74, 6) is 0.519. The molecule has 0 amide bonds. The molecule has 1 fully saturated rings. The van der Waals surface area contributed by atoms with Crippen LogP contribution in [-0.2, 0) is 6.54 Å². The van der Waals surface area contributed by atoms with Crippen molar-refractivity contribution >= 4 is 0 Å². The number of nitrogens with one attached hydrogen (secondary N) is 2. The van der Waals surface area contributed by atoms with Crippen LogP contribution in [0.1, 0.15) is 18.4 Å². The first-order valence-electron chi connectivity index (χ1n) is 6.81. The maximum atomic E-state index is 9.82. The van der Waals surface area contributed by atoms with Crippen molar-refractivity contribution in [2.75, 3.05) is 6.54 Å². The van der Waals surface area contributed by atoms with Crippen LogP contribution in [0.2, 0.25) is 0 Å². The molecule has 19 heavy (non-hydrogen) atoms. The molecule has 1 aliphatic carbocycles. The van der Waals surface area contributed by atoms with Crippen molar-refractivity contribution in [2.45, 2.75) is 25.5 Å². The first kappa shape index (κ1) is 12.4. The summed E-state index contributed by atoms with van der Waals surface area (Å²) in [6.07, 6.45) is 3.99. The van der Waals surface area contributed by atoms with Crippen molar-refractivity contribution in [3.8, 4) is 11.3 Å². The molecule has 4 heteroatoms. The third-order valence-electron chi connectivity index (χ3n) is 3.62. The molecule has 0 saturated heterocycles. The van der Waals surface area contributed by atoms with Crippen molar-refractivity contribution in [3.63, 3.8) is 0 Å². The van der Waals surface area contributed by atoms with Crippen LogP contribution in [0.5, 0.6) is 0 Å². The second-order valence-electron chi connectivity index (χ2n) is 5.17. The lowest BCUT2D eigenvalue weighted by molar-refractivity contribution is 0.148. The lowest BCUT2D eigenvalue weighted by Crippen LogP contribution is -2.27. The lowest BCUT2D eigenvalue weighted by Gasteiger charge is -2.10. The number of benzene rings is 1. The molecule has 0 spiro atoms. The SMILES string of the molecule is OC(CNCc1cn[nH]c1-c1ccccc1)C1CC1. The molecule has 1 heterocycles. The molecule has 1 aromatic carbocycles. The summed E-state index contributed by atoms with van der Waals surface area (Å²) >= 11 is 0. The largest absolute Gasteiger partial charge is 0.392 e. The lowest BCUT2D eigenvalue weighted by atomic mass is 10.1. The second-order valence-corrected chi connectivity index (χ2v) is 5.17. The zero-order chi connectivity index (χ0) is 13.1. The van der Waals surface area contributed by atoms with Gasteiger partial charge in [-0.3, -0.25) is 5.10 Å². The average molecular weight is 257 g/mol. The Morgan fingerprint density at radius 3 is 2.84 bits per heavy atom. The molecular weight excluding hydrogens is 238 g/mol. The molecule has 0 bridgehead atoms. The molecule has 100 valence electrons. The zero-order valence-corrected chi connectivity index (χ0v) is 10.8. The highest BCUT2D eigenvalue weighted by atomic mass is 16.3.